The second-order valence-electron chi connectivity index (χ2n) is 4.67. The Labute approximate surface area is 127 Å². The highest BCUT2D eigenvalue weighted by molar-refractivity contribution is 6.40. The molecule has 0 saturated heterocycles. The van der Waals surface area contributed by atoms with Crippen molar-refractivity contribution in [1.29, 1.82) is 0 Å². The zero-order valence-electron chi connectivity index (χ0n) is 10.6. The molecule has 0 unspecified atom stereocenters. The van der Waals surface area contributed by atoms with E-state index in [4.69, 9.17) is 50.5 Å². The number of nitrogens with zero attached hydrogens (tertiary/aromatic N) is 1. The summed E-state index contributed by atoms with van der Waals surface area (Å²) in [5.74, 6) is 0.521. The summed E-state index contributed by atoms with van der Waals surface area (Å²) in [4.78, 5) is 0. The number of benzene rings is 1. The van der Waals surface area contributed by atoms with Crippen molar-refractivity contribution in [2.45, 2.75) is 20.3 Å². The van der Waals surface area contributed by atoms with E-state index in [0.717, 1.165) is 0 Å². The van der Waals surface area contributed by atoms with Gasteiger partial charge >= 0.3 is 0 Å². The maximum Gasteiger partial charge on any atom is 0.156 e. The van der Waals surface area contributed by atoms with Crippen LogP contribution in [0.2, 0.25) is 15.1 Å². The van der Waals surface area contributed by atoms with E-state index in [-0.39, 0.29) is 5.84 Å². The van der Waals surface area contributed by atoms with Gasteiger partial charge < -0.3 is 15.7 Å². The van der Waals surface area contributed by atoms with Crippen molar-refractivity contribution < 1.29 is 9.94 Å². The first-order chi connectivity index (χ1) is 8.77. The first-order valence-corrected chi connectivity index (χ1v) is 6.66. The lowest BCUT2D eigenvalue weighted by Gasteiger charge is -2.23. The third-order valence-electron chi connectivity index (χ3n) is 2.74. The molecular formula is C12H15Cl3N2O2. The van der Waals surface area contributed by atoms with Crippen molar-refractivity contribution in [1.82, 2.24) is 0 Å². The van der Waals surface area contributed by atoms with Gasteiger partial charge in [-0.15, -0.1) is 0 Å². The van der Waals surface area contributed by atoms with E-state index in [0.29, 0.717) is 33.8 Å². The molecule has 1 aromatic rings. The standard InChI is InChI=1S/C12H15Cl3N2O2/c1-12(2,11(16)17-18)3-4-19-10-8(14)5-7(13)6-9(10)15/h5-6,18H,3-4H2,1-2H3,(H2,16,17). The van der Waals surface area contributed by atoms with Crippen molar-refractivity contribution in [3.8, 4) is 5.75 Å². The largest absolute Gasteiger partial charge is 0.490 e. The Morgan fingerprint density at radius 2 is 1.84 bits per heavy atom. The summed E-state index contributed by atoms with van der Waals surface area (Å²) in [7, 11) is 0. The average molecular weight is 326 g/mol. The zero-order valence-corrected chi connectivity index (χ0v) is 12.9. The van der Waals surface area contributed by atoms with E-state index >= 15 is 0 Å². The van der Waals surface area contributed by atoms with Gasteiger partial charge in [0.25, 0.3) is 0 Å². The number of halogens is 3. The maximum atomic E-state index is 8.67. The smallest absolute Gasteiger partial charge is 0.156 e. The van der Waals surface area contributed by atoms with E-state index < -0.39 is 5.41 Å². The van der Waals surface area contributed by atoms with E-state index in [1.165, 1.54) is 0 Å². The second kappa shape index (κ2) is 6.55. The molecule has 0 saturated carbocycles. The van der Waals surface area contributed by atoms with Gasteiger partial charge in [0.1, 0.15) is 5.84 Å². The lowest BCUT2D eigenvalue weighted by atomic mass is 9.88. The van der Waals surface area contributed by atoms with Gasteiger partial charge in [0.2, 0.25) is 0 Å². The molecule has 0 atom stereocenters. The fourth-order valence-corrected chi connectivity index (χ4v) is 2.26. The van der Waals surface area contributed by atoms with Crippen LogP contribution in [0.4, 0.5) is 0 Å². The predicted octanol–water partition coefficient (Wildman–Crippen LogP) is 4.19. The minimum absolute atomic E-state index is 0.143. The number of hydrogen-bond donors (Lipinski definition) is 2. The lowest BCUT2D eigenvalue weighted by molar-refractivity contribution is 0.260. The van der Waals surface area contributed by atoms with E-state index in [1.807, 2.05) is 13.8 Å². The van der Waals surface area contributed by atoms with Crippen molar-refractivity contribution in [3.05, 3.63) is 27.2 Å². The van der Waals surface area contributed by atoms with Gasteiger partial charge in [-0.05, 0) is 18.6 Å². The number of hydrogen-bond acceptors (Lipinski definition) is 3. The molecule has 0 aromatic heterocycles. The molecule has 0 aliphatic heterocycles. The average Bonchev–Trinajstić information content (AvgIpc) is 2.31. The molecule has 0 amide bonds. The van der Waals surface area contributed by atoms with Crippen LogP contribution in [0.15, 0.2) is 17.3 Å². The van der Waals surface area contributed by atoms with Crippen LogP contribution in [0.3, 0.4) is 0 Å². The summed E-state index contributed by atoms with van der Waals surface area (Å²) in [5, 5.41) is 12.8. The van der Waals surface area contributed by atoms with Gasteiger partial charge in [0.05, 0.1) is 16.7 Å². The van der Waals surface area contributed by atoms with E-state index in [9.17, 15) is 0 Å². The van der Waals surface area contributed by atoms with Crippen LogP contribution in [-0.4, -0.2) is 17.6 Å². The number of nitrogens with two attached hydrogens (primary N) is 1. The molecule has 1 rings (SSSR count). The molecule has 3 N–H and O–H groups in total. The summed E-state index contributed by atoms with van der Waals surface area (Å²) < 4.78 is 5.54. The molecule has 0 fully saturated rings. The van der Waals surface area contributed by atoms with Crippen LogP contribution >= 0.6 is 34.8 Å². The Morgan fingerprint density at radius 3 is 2.32 bits per heavy atom. The highest BCUT2D eigenvalue weighted by Crippen LogP contribution is 2.36. The Kier molecular flexibility index (Phi) is 5.59. The molecule has 7 heteroatoms. The maximum absolute atomic E-state index is 8.67. The Hall–Kier alpha value is -0.840. The van der Waals surface area contributed by atoms with Crippen molar-refractivity contribution in [2.24, 2.45) is 16.3 Å². The van der Waals surface area contributed by atoms with Crippen molar-refractivity contribution >= 4 is 40.6 Å². The van der Waals surface area contributed by atoms with Crippen LogP contribution in [0, 0.1) is 5.41 Å². The van der Waals surface area contributed by atoms with Crippen LogP contribution in [0.1, 0.15) is 20.3 Å². The van der Waals surface area contributed by atoms with Crippen molar-refractivity contribution in [2.75, 3.05) is 6.61 Å². The molecule has 0 aliphatic carbocycles. The Morgan fingerprint density at radius 1 is 1.32 bits per heavy atom. The monoisotopic (exact) mass is 324 g/mol. The lowest BCUT2D eigenvalue weighted by Crippen LogP contribution is -2.33. The summed E-state index contributed by atoms with van der Waals surface area (Å²) in [6.07, 6.45) is 0.540. The van der Waals surface area contributed by atoms with E-state index in [2.05, 4.69) is 5.16 Å². The van der Waals surface area contributed by atoms with E-state index in [1.54, 1.807) is 12.1 Å². The number of ether oxygens (including phenoxy) is 1. The van der Waals surface area contributed by atoms with Crippen LogP contribution in [0.5, 0.6) is 5.75 Å². The first kappa shape index (κ1) is 16.2. The Balaban J connectivity index is 2.69. The van der Waals surface area contributed by atoms with Crippen molar-refractivity contribution in [3.63, 3.8) is 0 Å². The number of rotatable bonds is 5. The topological polar surface area (TPSA) is 67.8 Å². The molecule has 19 heavy (non-hydrogen) atoms. The third-order valence-corrected chi connectivity index (χ3v) is 3.52. The van der Waals surface area contributed by atoms with Crippen LogP contribution in [0.25, 0.3) is 0 Å². The Bertz CT molecular complexity index is 467. The van der Waals surface area contributed by atoms with Gasteiger partial charge in [-0.1, -0.05) is 53.8 Å². The quantitative estimate of drug-likeness (QED) is 0.369. The molecule has 0 heterocycles. The number of oxime groups is 1. The fourth-order valence-electron chi connectivity index (χ4n) is 1.34. The van der Waals surface area contributed by atoms with Gasteiger partial charge in [-0.25, -0.2) is 0 Å². The summed E-state index contributed by atoms with van der Waals surface area (Å²) in [6, 6.07) is 3.11. The summed E-state index contributed by atoms with van der Waals surface area (Å²) >= 11 is 17.8. The first-order valence-electron chi connectivity index (χ1n) is 5.53. The summed E-state index contributed by atoms with van der Waals surface area (Å²) in [5.41, 5.74) is 5.10. The zero-order chi connectivity index (χ0) is 14.6. The molecule has 0 radical (unpaired) electrons. The van der Waals surface area contributed by atoms with Crippen LogP contribution in [-0.2, 0) is 0 Å². The number of amidine groups is 1. The minimum Gasteiger partial charge on any atom is -0.490 e. The molecule has 0 bridgehead atoms. The molecule has 0 aliphatic rings. The molecule has 0 spiro atoms. The third kappa shape index (κ3) is 4.34. The van der Waals surface area contributed by atoms with Gasteiger partial charge in [-0.3, -0.25) is 0 Å². The SMILES string of the molecule is CC(C)(CCOc1c(Cl)cc(Cl)cc1Cl)C(N)=NO. The van der Waals surface area contributed by atoms with Gasteiger partial charge in [0, 0.05) is 10.4 Å². The van der Waals surface area contributed by atoms with Gasteiger partial charge in [0.15, 0.2) is 5.75 Å². The molecule has 4 nitrogen and oxygen atoms in total. The highest BCUT2D eigenvalue weighted by atomic mass is 35.5. The predicted molar refractivity (Wildman–Crippen MR) is 78.8 cm³/mol. The second-order valence-corrected chi connectivity index (χ2v) is 5.92. The molecule has 106 valence electrons. The highest BCUT2D eigenvalue weighted by Gasteiger charge is 2.24. The molecular weight excluding hydrogens is 311 g/mol. The normalized spacial score (nSPS) is 12.6. The molecule has 1 aromatic carbocycles. The van der Waals surface area contributed by atoms with Crippen LogP contribution < -0.4 is 10.5 Å². The minimum atomic E-state index is -0.486. The van der Waals surface area contributed by atoms with Gasteiger partial charge in [-0.2, -0.15) is 0 Å². The fraction of sp³-hybridized carbons (Fsp3) is 0.417. The summed E-state index contributed by atoms with van der Waals surface area (Å²) in [6.45, 7) is 4.01.